The number of nitrogens with one attached hydrogen (secondary N) is 1. The van der Waals surface area contributed by atoms with E-state index in [0.29, 0.717) is 11.3 Å². The highest BCUT2D eigenvalue weighted by Crippen LogP contribution is 2.29. The van der Waals surface area contributed by atoms with Crippen molar-refractivity contribution >= 4 is 11.8 Å². The van der Waals surface area contributed by atoms with Crippen molar-refractivity contribution in [3.63, 3.8) is 0 Å². The Bertz CT molecular complexity index is 805. The molecule has 0 radical (unpaired) electrons. The number of hydrogen-bond donors (Lipinski definition) is 2. The van der Waals surface area contributed by atoms with E-state index in [2.05, 4.69) is 5.32 Å². The number of carbonyl (C=O) groups is 2. The fourth-order valence-electron chi connectivity index (χ4n) is 2.50. The third-order valence-corrected chi connectivity index (χ3v) is 3.90. The summed E-state index contributed by atoms with van der Waals surface area (Å²) in [5.41, 5.74) is 5.70. The summed E-state index contributed by atoms with van der Waals surface area (Å²) in [5, 5.41) is 2.52. The molecule has 144 valence electrons. The van der Waals surface area contributed by atoms with E-state index in [1.165, 1.54) is 19.2 Å². The Hall–Kier alpha value is -3.03. The van der Waals surface area contributed by atoms with Crippen LogP contribution in [0.3, 0.4) is 0 Å². The van der Waals surface area contributed by atoms with Crippen LogP contribution >= 0.6 is 0 Å². The van der Waals surface area contributed by atoms with Gasteiger partial charge in [-0.3, -0.25) is 9.59 Å². The summed E-state index contributed by atoms with van der Waals surface area (Å²) in [6.45, 7) is 0. The predicted molar refractivity (Wildman–Crippen MR) is 93.0 cm³/mol. The Balaban J connectivity index is 2.01. The molecule has 2 aromatic rings. The van der Waals surface area contributed by atoms with Crippen molar-refractivity contribution in [2.75, 3.05) is 7.11 Å². The Kier molecular flexibility index (Phi) is 6.44. The van der Waals surface area contributed by atoms with Gasteiger partial charge in [-0.25, -0.2) is 0 Å². The largest absolute Gasteiger partial charge is 0.497 e. The number of rotatable bonds is 7. The molecular formula is C19H19F3N2O3. The van der Waals surface area contributed by atoms with E-state index in [4.69, 9.17) is 10.5 Å². The van der Waals surface area contributed by atoms with Gasteiger partial charge >= 0.3 is 6.18 Å². The van der Waals surface area contributed by atoms with E-state index in [1.807, 2.05) is 0 Å². The van der Waals surface area contributed by atoms with E-state index in [9.17, 15) is 22.8 Å². The minimum Gasteiger partial charge on any atom is -0.497 e. The van der Waals surface area contributed by atoms with Gasteiger partial charge in [-0.1, -0.05) is 24.3 Å². The maximum absolute atomic E-state index is 12.6. The molecule has 0 saturated heterocycles. The lowest BCUT2D eigenvalue weighted by Gasteiger charge is -2.16. The normalized spacial score (nSPS) is 12.3. The van der Waals surface area contributed by atoms with Crippen molar-refractivity contribution in [1.29, 1.82) is 0 Å². The molecule has 0 aliphatic carbocycles. The molecule has 0 unspecified atom stereocenters. The van der Waals surface area contributed by atoms with Crippen LogP contribution in [0.4, 0.5) is 13.2 Å². The van der Waals surface area contributed by atoms with Gasteiger partial charge in [-0.15, -0.1) is 0 Å². The van der Waals surface area contributed by atoms with Crippen LogP contribution in [0, 0.1) is 0 Å². The number of halogens is 3. The molecule has 0 aromatic heterocycles. The monoisotopic (exact) mass is 380 g/mol. The van der Waals surface area contributed by atoms with E-state index in [1.54, 1.807) is 24.3 Å². The summed E-state index contributed by atoms with van der Waals surface area (Å²) in [6, 6.07) is 10.3. The number of hydrogen-bond acceptors (Lipinski definition) is 3. The van der Waals surface area contributed by atoms with Gasteiger partial charge in [0, 0.05) is 6.42 Å². The Morgan fingerprint density at radius 3 is 2.33 bits per heavy atom. The van der Waals surface area contributed by atoms with Crippen molar-refractivity contribution in [2.24, 2.45) is 5.73 Å². The van der Waals surface area contributed by atoms with E-state index < -0.39 is 29.6 Å². The van der Waals surface area contributed by atoms with Crippen LogP contribution in [0.2, 0.25) is 0 Å². The fourth-order valence-corrected chi connectivity index (χ4v) is 2.50. The number of amides is 2. The van der Waals surface area contributed by atoms with Gasteiger partial charge in [-0.05, 0) is 35.4 Å². The SMILES string of the molecule is COc1cccc(C[C@H](NC(=O)Cc2ccc(C(F)(F)F)cc2)C(N)=O)c1. The van der Waals surface area contributed by atoms with Gasteiger partial charge in [0.25, 0.3) is 0 Å². The van der Waals surface area contributed by atoms with Crippen LogP contribution in [0.25, 0.3) is 0 Å². The number of alkyl halides is 3. The van der Waals surface area contributed by atoms with Crippen LogP contribution in [0.15, 0.2) is 48.5 Å². The number of carbonyl (C=O) groups excluding carboxylic acids is 2. The zero-order chi connectivity index (χ0) is 20.0. The second-order valence-electron chi connectivity index (χ2n) is 5.95. The average molecular weight is 380 g/mol. The summed E-state index contributed by atoms with van der Waals surface area (Å²) < 4.78 is 42.8. The first kappa shape index (κ1) is 20.3. The van der Waals surface area contributed by atoms with Crippen molar-refractivity contribution in [3.8, 4) is 5.75 Å². The second kappa shape index (κ2) is 8.57. The molecule has 0 bridgehead atoms. The highest BCUT2D eigenvalue weighted by atomic mass is 19.4. The van der Waals surface area contributed by atoms with Crippen molar-refractivity contribution in [3.05, 3.63) is 65.2 Å². The van der Waals surface area contributed by atoms with Crippen molar-refractivity contribution in [1.82, 2.24) is 5.32 Å². The first-order valence-electron chi connectivity index (χ1n) is 8.07. The Morgan fingerprint density at radius 2 is 1.78 bits per heavy atom. The third kappa shape index (κ3) is 6.02. The van der Waals surface area contributed by atoms with E-state index in [0.717, 1.165) is 17.7 Å². The molecule has 27 heavy (non-hydrogen) atoms. The zero-order valence-electron chi connectivity index (χ0n) is 14.5. The highest BCUT2D eigenvalue weighted by molar-refractivity contribution is 5.87. The highest BCUT2D eigenvalue weighted by Gasteiger charge is 2.30. The number of primary amides is 1. The molecule has 0 aliphatic rings. The summed E-state index contributed by atoms with van der Waals surface area (Å²) in [4.78, 5) is 23.8. The number of ether oxygens (including phenoxy) is 1. The van der Waals surface area contributed by atoms with Crippen molar-refractivity contribution in [2.45, 2.75) is 25.1 Å². The van der Waals surface area contributed by atoms with Crippen LogP contribution in [0.5, 0.6) is 5.75 Å². The first-order chi connectivity index (χ1) is 12.7. The molecule has 8 heteroatoms. The Morgan fingerprint density at radius 1 is 1.11 bits per heavy atom. The smallest absolute Gasteiger partial charge is 0.416 e. The summed E-state index contributed by atoms with van der Waals surface area (Å²) in [7, 11) is 1.51. The van der Waals surface area contributed by atoms with Gasteiger partial charge in [0.2, 0.25) is 11.8 Å². The molecule has 3 N–H and O–H groups in total. The van der Waals surface area contributed by atoms with Crippen LogP contribution in [-0.4, -0.2) is 25.0 Å². The molecule has 0 fully saturated rings. The molecule has 0 aliphatic heterocycles. The molecule has 2 rings (SSSR count). The van der Waals surface area contributed by atoms with E-state index >= 15 is 0 Å². The third-order valence-electron chi connectivity index (χ3n) is 3.90. The minimum atomic E-state index is -4.44. The molecule has 0 saturated carbocycles. The lowest BCUT2D eigenvalue weighted by Crippen LogP contribution is -2.46. The number of methoxy groups -OCH3 is 1. The van der Waals surface area contributed by atoms with Gasteiger partial charge in [0.15, 0.2) is 0 Å². The van der Waals surface area contributed by atoms with Crippen LogP contribution in [0.1, 0.15) is 16.7 Å². The van der Waals surface area contributed by atoms with E-state index in [-0.39, 0.29) is 12.8 Å². The second-order valence-corrected chi connectivity index (χ2v) is 5.95. The molecule has 2 aromatic carbocycles. The molecule has 0 heterocycles. The average Bonchev–Trinajstić information content (AvgIpc) is 2.61. The predicted octanol–water partition coefficient (Wildman–Crippen LogP) is 2.47. The lowest BCUT2D eigenvalue weighted by atomic mass is 10.0. The van der Waals surface area contributed by atoms with Gasteiger partial charge in [0.1, 0.15) is 11.8 Å². The zero-order valence-corrected chi connectivity index (χ0v) is 14.5. The summed E-state index contributed by atoms with van der Waals surface area (Å²) in [6.07, 6.45) is -4.43. The maximum atomic E-state index is 12.6. The number of nitrogens with two attached hydrogens (primary N) is 1. The van der Waals surface area contributed by atoms with Crippen molar-refractivity contribution < 1.29 is 27.5 Å². The van der Waals surface area contributed by atoms with Gasteiger partial charge < -0.3 is 15.8 Å². The molecule has 0 spiro atoms. The first-order valence-corrected chi connectivity index (χ1v) is 8.07. The number of benzene rings is 2. The minimum absolute atomic E-state index is 0.167. The molecular weight excluding hydrogens is 361 g/mol. The van der Waals surface area contributed by atoms with Gasteiger partial charge in [-0.2, -0.15) is 13.2 Å². The van der Waals surface area contributed by atoms with Crippen LogP contribution in [-0.2, 0) is 28.6 Å². The standard InChI is InChI=1S/C19H19F3N2O3/c1-27-15-4-2-3-13(9-15)10-16(18(23)26)24-17(25)11-12-5-7-14(8-6-12)19(20,21)22/h2-9,16H,10-11H2,1H3,(H2,23,26)(H,24,25)/t16-/m0/s1. The fraction of sp³-hybridized carbons (Fsp3) is 0.263. The molecule has 2 amide bonds. The van der Waals surface area contributed by atoms with Crippen LogP contribution < -0.4 is 15.8 Å². The summed E-state index contributed by atoms with van der Waals surface area (Å²) in [5.74, 6) is -0.619. The topological polar surface area (TPSA) is 81.4 Å². The lowest BCUT2D eigenvalue weighted by molar-refractivity contribution is -0.137. The maximum Gasteiger partial charge on any atom is 0.416 e. The quantitative estimate of drug-likeness (QED) is 0.774. The Labute approximate surface area is 154 Å². The molecule has 5 nitrogen and oxygen atoms in total. The molecule has 1 atom stereocenters. The summed E-state index contributed by atoms with van der Waals surface area (Å²) >= 11 is 0. The van der Waals surface area contributed by atoms with Gasteiger partial charge in [0.05, 0.1) is 19.1 Å².